The Morgan fingerprint density at radius 1 is 0.510 bits per heavy atom. The Kier molecular flexibility index (Phi) is 6.98. The van der Waals surface area contributed by atoms with Gasteiger partial charge >= 0.3 is 0 Å². The molecule has 0 aliphatic rings. The molecule has 0 aliphatic carbocycles. The zero-order chi connectivity index (χ0) is 32.7. The molecule has 0 saturated heterocycles. The second-order valence-electron chi connectivity index (χ2n) is 12.4. The van der Waals surface area contributed by atoms with Crippen molar-refractivity contribution in [3.05, 3.63) is 180 Å². The Balaban J connectivity index is 1.13. The normalized spacial score (nSPS) is 12.5. The van der Waals surface area contributed by atoms with E-state index in [0.29, 0.717) is 18.2 Å². The maximum atomic E-state index is 6.91. The first-order valence-corrected chi connectivity index (χ1v) is 16.5. The summed E-state index contributed by atoms with van der Waals surface area (Å²) < 4.78 is 6.43. The summed E-state index contributed by atoms with van der Waals surface area (Å²) >= 11 is 0. The van der Waals surface area contributed by atoms with Crippen molar-refractivity contribution in [2.75, 3.05) is 0 Å². The summed E-state index contributed by atoms with van der Waals surface area (Å²) in [6.07, 6.45) is 0. The zero-order valence-corrected chi connectivity index (χ0v) is 26.7. The predicted octanol–water partition coefficient (Wildman–Crippen LogP) is 11.1. The van der Waals surface area contributed by atoms with Crippen molar-refractivity contribution >= 4 is 65.9 Å². The monoisotopic (exact) mass is 629 g/mol. The lowest BCUT2D eigenvalue weighted by Crippen LogP contribution is -2.17. The van der Waals surface area contributed by atoms with Gasteiger partial charge in [0.1, 0.15) is 17.0 Å². The molecule has 8 aromatic carbocycles. The topological polar surface area (TPSA) is 63.9 Å². The van der Waals surface area contributed by atoms with Gasteiger partial charge in [-0.15, -0.1) is 0 Å². The van der Waals surface area contributed by atoms with E-state index in [9.17, 15) is 0 Å². The van der Waals surface area contributed by atoms with Gasteiger partial charge in [0.15, 0.2) is 5.84 Å². The van der Waals surface area contributed by atoms with E-state index in [1.165, 1.54) is 21.5 Å². The van der Waals surface area contributed by atoms with Crippen molar-refractivity contribution in [2.45, 2.75) is 6.54 Å². The molecule has 0 bridgehead atoms. The van der Waals surface area contributed by atoms with Crippen LogP contribution < -0.4 is 5.73 Å². The molecule has 4 heteroatoms. The van der Waals surface area contributed by atoms with Crippen LogP contribution >= 0.6 is 0 Å². The molecule has 0 spiro atoms. The highest BCUT2D eigenvalue weighted by atomic mass is 16.3. The summed E-state index contributed by atoms with van der Waals surface area (Å²) in [6.45, 7) is 0.472. The fourth-order valence-electron chi connectivity index (χ4n) is 6.78. The first kappa shape index (κ1) is 28.7. The molecule has 4 nitrogen and oxygen atoms in total. The highest BCUT2D eigenvalue weighted by molar-refractivity contribution is 6.21. The molecule has 2 N–H and O–H groups in total. The fraction of sp³-hybridized carbons (Fsp3) is 0.0222. The molecule has 0 aliphatic heterocycles. The third-order valence-electron chi connectivity index (χ3n) is 9.32. The summed E-state index contributed by atoms with van der Waals surface area (Å²) in [5, 5.41) is 9.04. The lowest BCUT2D eigenvalue weighted by Gasteiger charge is -2.08. The van der Waals surface area contributed by atoms with Crippen LogP contribution in [0.3, 0.4) is 0 Å². The number of nitrogens with zero attached hydrogens (tertiary/aromatic N) is 2. The third-order valence-corrected chi connectivity index (χ3v) is 9.32. The lowest BCUT2D eigenvalue weighted by atomic mass is 9.99. The second kappa shape index (κ2) is 11.9. The molecule has 0 saturated carbocycles. The standard InChI is InChI=1S/C45H31N3O/c46-44(40-14-7-15-41-43(40)39-23-22-37(27-42(39)49-41)36-20-18-31-9-2-5-12-34(31)25-36)48-45(38-21-19-32-10-3-6-13-35(32)26-38)47-28-29-16-17-30-8-1-4-11-33(30)24-29/h1-27H,28H2,(H2,46,47,48). The summed E-state index contributed by atoms with van der Waals surface area (Å²) in [7, 11) is 0. The Hall–Kier alpha value is -6.52. The molecule has 9 aromatic rings. The molecule has 0 unspecified atom stereocenters. The van der Waals surface area contributed by atoms with E-state index in [0.717, 1.165) is 60.5 Å². The first-order valence-electron chi connectivity index (χ1n) is 16.5. The largest absolute Gasteiger partial charge is 0.456 e. The number of hydrogen-bond acceptors (Lipinski definition) is 2. The average Bonchev–Trinajstić information content (AvgIpc) is 3.54. The second-order valence-corrected chi connectivity index (χ2v) is 12.4. The van der Waals surface area contributed by atoms with Crippen LogP contribution in [0.1, 0.15) is 16.7 Å². The average molecular weight is 630 g/mol. The minimum atomic E-state index is 0.386. The number of benzene rings is 8. The van der Waals surface area contributed by atoms with Crippen LogP contribution in [-0.4, -0.2) is 11.7 Å². The van der Waals surface area contributed by atoms with Gasteiger partial charge in [0, 0.05) is 21.9 Å². The number of nitrogens with two attached hydrogens (primary N) is 1. The smallest absolute Gasteiger partial charge is 0.157 e. The molecule has 0 radical (unpaired) electrons. The molecule has 1 aromatic heterocycles. The summed E-state index contributed by atoms with van der Waals surface area (Å²) in [6, 6.07) is 56.8. The van der Waals surface area contributed by atoms with Gasteiger partial charge in [0.05, 0.1) is 6.54 Å². The summed E-state index contributed by atoms with van der Waals surface area (Å²) in [4.78, 5) is 10.1. The van der Waals surface area contributed by atoms with E-state index >= 15 is 0 Å². The number of hydrogen-bond donors (Lipinski definition) is 1. The van der Waals surface area contributed by atoms with Gasteiger partial charge in [-0.25, -0.2) is 4.99 Å². The predicted molar refractivity (Wildman–Crippen MR) is 206 cm³/mol. The van der Waals surface area contributed by atoms with Gasteiger partial charge in [-0.2, -0.15) is 0 Å². The van der Waals surface area contributed by atoms with E-state index < -0.39 is 0 Å². The van der Waals surface area contributed by atoms with Gasteiger partial charge in [0.2, 0.25) is 0 Å². The van der Waals surface area contributed by atoms with Crippen molar-refractivity contribution in [3.63, 3.8) is 0 Å². The van der Waals surface area contributed by atoms with E-state index in [4.69, 9.17) is 20.1 Å². The van der Waals surface area contributed by atoms with Crippen LogP contribution in [0.4, 0.5) is 0 Å². The molecule has 232 valence electrons. The maximum Gasteiger partial charge on any atom is 0.157 e. The number of furan rings is 1. The van der Waals surface area contributed by atoms with Crippen LogP contribution in [0.5, 0.6) is 0 Å². The number of aliphatic imine (C=N–C) groups is 2. The Labute approximate surface area is 283 Å². The molecular formula is C45H31N3O. The van der Waals surface area contributed by atoms with Crippen LogP contribution in [-0.2, 0) is 6.54 Å². The molecule has 0 amide bonds. The summed E-state index contributed by atoms with van der Waals surface area (Å²) in [5.41, 5.74) is 13.5. The zero-order valence-electron chi connectivity index (χ0n) is 26.7. The van der Waals surface area contributed by atoms with Crippen molar-refractivity contribution < 1.29 is 4.42 Å². The van der Waals surface area contributed by atoms with Crippen LogP contribution in [0.2, 0.25) is 0 Å². The molecular weight excluding hydrogens is 599 g/mol. The lowest BCUT2D eigenvalue weighted by molar-refractivity contribution is 0.669. The van der Waals surface area contributed by atoms with Crippen LogP contribution in [0.15, 0.2) is 178 Å². The fourth-order valence-corrected chi connectivity index (χ4v) is 6.78. The van der Waals surface area contributed by atoms with Gasteiger partial charge in [-0.05, 0) is 85.4 Å². The van der Waals surface area contributed by atoms with Crippen molar-refractivity contribution in [1.82, 2.24) is 0 Å². The van der Waals surface area contributed by atoms with Crippen LogP contribution in [0, 0.1) is 0 Å². The van der Waals surface area contributed by atoms with Gasteiger partial charge in [-0.3, -0.25) is 4.99 Å². The number of rotatable bonds is 5. The van der Waals surface area contributed by atoms with E-state index in [2.05, 4.69) is 133 Å². The SMILES string of the molecule is NC(=NC(=NCc1ccc2ccccc2c1)c1ccc2ccccc2c1)c1cccc2oc3cc(-c4ccc5ccccc5c4)ccc3c12. The Morgan fingerprint density at radius 3 is 1.88 bits per heavy atom. The van der Waals surface area contributed by atoms with Gasteiger partial charge < -0.3 is 10.2 Å². The highest BCUT2D eigenvalue weighted by Crippen LogP contribution is 2.35. The summed E-state index contributed by atoms with van der Waals surface area (Å²) in [5.74, 6) is 0.970. The van der Waals surface area contributed by atoms with E-state index in [1.807, 2.05) is 30.3 Å². The minimum absolute atomic E-state index is 0.386. The molecule has 0 atom stereocenters. The third kappa shape index (κ3) is 5.39. The van der Waals surface area contributed by atoms with Crippen molar-refractivity contribution in [1.29, 1.82) is 0 Å². The quantitative estimate of drug-likeness (QED) is 0.152. The van der Waals surface area contributed by atoms with E-state index in [-0.39, 0.29) is 0 Å². The highest BCUT2D eigenvalue weighted by Gasteiger charge is 2.16. The van der Waals surface area contributed by atoms with Crippen LogP contribution in [0.25, 0.3) is 65.4 Å². The molecule has 1 heterocycles. The maximum absolute atomic E-state index is 6.91. The van der Waals surface area contributed by atoms with Crippen molar-refractivity contribution in [2.24, 2.45) is 15.7 Å². The molecule has 9 rings (SSSR count). The number of amidine groups is 2. The molecule has 0 fully saturated rings. The first-order chi connectivity index (χ1) is 24.2. The van der Waals surface area contributed by atoms with E-state index in [1.54, 1.807) is 0 Å². The molecule has 49 heavy (non-hydrogen) atoms. The number of fused-ring (bicyclic) bond motifs is 6. The minimum Gasteiger partial charge on any atom is -0.456 e. The Morgan fingerprint density at radius 2 is 1.12 bits per heavy atom. The Bertz CT molecular complexity index is 2770. The van der Waals surface area contributed by atoms with Crippen molar-refractivity contribution in [3.8, 4) is 11.1 Å². The van der Waals surface area contributed by atoms with Gasteiger partial charge in [-0.1, -0.05) is 127 Å². The van der Waals surface area contributed by atoms with Gasteiger partial charge in [0.25, 0.3) is 0 Å².